The Balaban J connectivity index is 2.19. The number of rotatable bonds is 7. The molecule has 1 unspecified atom stereocenters. The lowest BCUT2D eigenvalue weighted by Gasteiger charge is -2.48. The Morgan fingerprint density at radius 2 is 1.63 bits per heavy atom. The lowest BCUT2D eigenvalue weighted by atomic mass is 9.77. The highest BCUT2D eigenvalue weighted by Gasteiger charge is 2.52. The summed E-state index contributed by atoms with van der Waals surface area (Å²) >= 11 is 0. The van der Waals surface area contributed by atoms with Crippen molar-refractivity contribution in [3.8, 4) is 0 Å². The van der Waals surface area contributed by atoms with Crippen molar-refractivity contribution in [3.05, 3.63) is 0 Å². The second-order valence-corrected chi connectivity index (χ2v) is 16.8. The summed E-state index contributed by atoms with van der Waals surface area (Å²) in [7, 11) is 4.68. The molecule has 306 valence electrons. The van der Waals surface area contributed by atoms with Gasteiger partial charge in [-0.2, -0.15) is 0 Å². The normalized spacial score (nSPS) is 50.7. The third-order valence-electron chi connectivity index (χ3n) is 12.0. The molecule has 18 atom stereocenters. The molecule has 3 rings (SSSR count). The van der Waals surface area contributed by atoms with E-state index < -0.39 is 115 Å². The highest BCUT2D eigenvalue weighted by Crippen LogP contribution is 2.40. The second-order valence-electron chi connectivity index (χ2n) is 16.8. The van der Waals surface area contributed by atoms with Crippen molar-refractivity contribution in [2.45, 2.75) is 185 Å². The number of hydrogen-bond donors (Lipinski definition) is 5. The van der Waals surface area contributed by atoms with Crippen LogP contribution in [0.4, 0.5) is 0 Å². The zero-order chi connectivity index (χ0) is 42.2. The van der Waals surface area contributed by atoms with Crippen molar-refractivity contribution in [3.63, 3.8) is 0 Å². The van der Waals surface area contributed by atoms with Gasteiger partial charge in [-0.15, -0.1) is 0 Å². The average molecular weight is 753 g/mol. The molecule has 0 aromatic rings. The van der Waals surface area contributed by atoms with E-state index in [4.69, 9.17) is 32.5 Å². The Morgan fingerprint density at radius 1 is 1.00 bits per heavy atom. The first-order chi connectivity index (χ1) is 25.1. The summed E-state index contributed by atoms with van der Waals surface area (Å²) in [5.74, 6) is -2.94. The van der Waals surface area contributed by atoms with Gasteiger partial charge < -0.3 is 63.8 Å². The molecule has 3 saturated heterocycles. The van der Waals surface area contributed by atoms with E-state index in [2.05, 4.69) is 0 Å². The number of aliphatic hydroxyl groups excluding tert-OH is 3. The number of hydrogen-bond acceptors (Lipinski definition) is 14. The van der Waals surface area contributed by atoms with E-state index in [-0.39, 0.29) is 31.6 Å². The number of methoxy groups -OCH3 is 1. The first-order valence-electron chi connectivity index (χ1n) is 20.4. The number of esters is 1. The molecule has 3 aliphatic rings. The molecular formula is C38H72N2O12. The Bertz CT molecular complexity index is 1250. The molecule has 3 heterocycles. The molecule has 0 saturated carbocycles. The number of ether oxygens (including phenoxy) is 6. The topological polar surface area (TPSA) is 180 Å². The number of carbonyl (C=O) groups excluding carboxylic acids is 1. The van der Waals surface area contributed by atoms with E-state index in [0.717, 1.165) is 4.90 Å². The summed E-state index contributed by atoms with van der Waals surface area (Å²) in [5.41, 5.74) is -4.60. The fourth-order valence-corrected chi connectivity index (χ4v) is 8.61. The summed E-state index contributed by atoms with van der Waals surface area (Å²) in [6.45, 7) is 14.9. The number of cyclic esters (lactones) is 1. The maximum Gasteiger partial charge on any atom is 0.311 e. The van der Waals surface area contributed by atoms with Crippen LogP contribution in [0.3, 0.4) is 0 Å². The van der Waals surface area contributed by atoms with Gasteiger partial charge >= 0.3 is 5.97 Å². The van der Waals surface area contributed by atoms with Gasteiger partial charge in [0, 0.05) is 42.2 Å². The standard InChI is InChI=1S/C38H72N2O12/c1-15-27-38(10,46)31(42)24(6)40(13)19-20(2)17-36(8,45)33(52-35-29(41)26(39(11)12)16-21(3)48-35)22(4)30(23(5)34(44)50-27)51-28-18-37(9,47-14)32(43)25(7)49-28/h20-33,35,41-43,45-46H,15-19H2,1-14H3/t20-,21-,22+,23-,24-,25+,26+,27?,28+,29-,30+,31-,32+,33-,35+,36-,37-,38-/m1/s1/i11+1D3. The highest BCUT2D eigenvalue weighted by molar-refractivity contribution is 5.73. The van der Waals surface area contributed by atoms with E-state index in [1.54, 1.807) is 62.4 Å². The quantitative estimate of drug-likeness (QED) is 0.188. The first-order valence-corrected chi connectivity index (χ1v) is 18.9. The van der Waals surface area contributed by atoms with Crippen LogP contribution in [0.2, 0.25) is 0 Å². The van der Waals surface area contributed by atoms with Crippen LogP contribution in [-0.2, 0) is 33.2 Å². The predicted octanol–water partition coefficient (Wildman–Crippen LogP) is 1.90. The van der Waals surface area contributed by atoms with Crippen LogP contribution in [0.25, 0.3) is 0 Å². The lowest BCUT2D eigenvalue weighted by molar-refractivity contribution is -0.318. The van der Waals surface area contributed by atoms with Gasteiger partial charge in [0.05, 0.1) is 41.5 Å². The van der Waals surface area contributed by atoms with Gasteiger partial charge in [0.1, 0.15) is 30.0 Å². The fraction of sp³-hybridized carbons (Fsp3) is 0.974. The molecule has 5 N–H and O–H groups in total. The van der Waals surface area contributed by atoms with Crippen molar-refractivity contribution in [1.29, 1.82) is 0 Å². The average Bonchev–Trinajstić information content (AvgIpc) is 3.08. The van der Waals surface area contributed by atoms with Crippen LogP contribution in [0.15, 0.2) is 0 Å². The highest BCUT2D eigenvalue weighted by atomic mass is 16.7. The zero-order valence-electron chi connectivity index (χ0n) is 36.7. The van der Waals surface area contributed by atoms with Crippen LogP contribution >= 0.6 is 0 Å². The Hall–Kier alpha value is -1.01. The van der Waals surface area contributed by atoms with Crippen molar-refractivity contribution >= 4 is 5.97 Å². The Morgan fingerprint density at radius 3 is 2.21 bits per heavy atom. The summed E-state index contributed by atoms with van der Waals surface area (Å²) in [4.78, 5) is 17.2. The SMILES string of the molecule is [2H][13C]([2H])([2H])N(C)[C@H]1C[C@@H](C)O[C@@H](O[C@@H]2[C@@H](C)[C@H](O[C@H]3C[C@@](C)(OC)[C@@H](O)[C@H](C)O3)[C@@H](C)C(=O)OC(CC)[C@@](C)(O)[C@H](O)[C@@H](C)N(C)C[C@H](C)C[C@@]2(C)O)[C@@H]1O. The third-order valence-corrected chi connectivity index (χ3v) is 12.0. The van der Waals surface area contributed by atoms with Crippen molar-refractivity contribution in [2.75, 3.05) is 34.7 Å². The molecule has 14 nitrogen and oxygen atoms in total. The second kappa shape index (κ2) is 17.8. The van der Waals surface area contributed by atoms with Gasteiger partial charge in [-0.25, -0.2) is 0 Å². The van der Waals surface area contributed by atoms with Gasteiger partial charge in [0.15, 0.2) is 12.6 Å². The number of nitrogens with zero attached hydrogens (tertiary/aromatic N) is 2. The molecular weight excluding hydrogens is 677 g/mol. The largest absolute Gasteiger partial charge is 0.459 e. The molecule has 3 aliphatic heterocycles. The number of carbonyl (C=O) groups is 1. The molecule has 0 radical (unpaired) electrons. The van der Waals surface area contributed by atoms with E-state index >= 15 is 0 Å². The number of aliphatic hydroxyl groups is 5. The van der Waals surface area contributed by atoms with Crippen LogP contribution in [0, 0.1) is 17.8 Å². The van der Waals surface area contributed by atoms with Crippen LogP contribution < -0.4 is 0 Å². The molecule has 0 amide bonds. The summed E-state index contributed by atoms with van der Waals surface area (Å²) in [6, 6.07) is -1.46. The Labute approximate surface area is 316 Å². The Kier molecular flexibility index (Phi) is 14.0. The van der Waals surface area contributed by atoms with E-state index in [9.17, 15) is 30.3 Å². The molecule has 0 aromatic heterocycles. The van der Waals surface area contributed by atoms with Crippen molar-refractivity contribution in [2.24, 2.45) is 17.8 Å². The lowest BCUT2D eigenvalue weighted by Crippen LogP contribution is -2.60. The van der Waals surface area contributed by atoms with Crippen LogP contribution in [-0.4, -0.2) is 166 Å². The zero-order valence-corrected chi connectivity index (χ0v) is 33.7. The fourth-order valence-electron chi connectivity index (χ4n) is 8.61. The summed E-state index contributed by atoms with van der Waals surface area (Å²) < 4.78 is 61.3. The minimum atomic E-state index is -2.52. The van der Waals surface area contributed by atoms with Crippen molar-refractivity contribution < 1.29 is 62.9 Å². The van der Waals surface area contributed by atoms with Gasteiger partial charge in [0.2, 0.25) is 0 Å². The predicted molar refractivity (Wildman–Crippen MR) is 194 cm³/mol. The molecule has 0 bridgehead atoms. The van der Waals surface area contributed by atoms with Gasteiger partial charge in [0.25, 0.3) is 0 Å². The molecule has 0 aliphatic carbocycles. The summed E-state index contributed by atoms with van der Waals surface area (Å²) in [6.07, 6.45) is -10.2. The van der Waals surface area contributed by atoms with E-state index in [0.29, 0.717) is 6.54 Å². The molecule has 3 fully saturated rings. The van der Waals surface area contributed by atoms with Crippen LogP contribution in [0.1, 0.15) is 99.0 Å². The molecule has 0 spiro atoms. The molecule has 0 aromatic carbocycles. The molecule has 14 heteroatoms. The van der Waals surface area contributed by atoms with Crippen LogP contribution in [0.5, 0.6) is 0 Å². The van der Waals surface area contributed by atoms with Gasteiger partial charge in [-0.3, -0.25) is 4.79 Å². The third kappa shape index (κ3) is 10.0. The molecule has 52 heavy (non-hydrogen) atoms. The van der Waals surface area contributed by atoms with Gasteiger partial charge in [-0.1, -0.05) is 20.8 Å². The maximum absolute atomic E-state index is 14.2. The van der Waals surface area contributed by atoms with Gasteiger partial charge in [-0.05, 0) is 94.7 Å². The van der Waals surface area contributed by atoms with E-state index in [1.165, 1.54) is 21.1 Å². The van der Waals surface area contributed by atoms with Crippen molar-refractivity contribution in [1.82, 2.24) is 9.80 Å². The minimum absolute atomic E-state index is 0.0761. The minimum Gasteiger partial charge on any atom is -0.459 e. The first kappa shape index (κ1) is 40.6. The van der Waals surface area contributed by atoms with E-state index in [1.807, 2.05) is 11.8 Å². The smallest absolute Gasteiger partial charge is 0.311 e. The monoisotopic (exact) mass is 753 g/mol. The number of likely N-dealkylation sites (N-methyl/N-ethyl adjacent to an activating group) is 2. The maximum atomic E-state index is 14.2. The summed E-state index contributed by atoms with van der Waals surface area (Å²) in [5, 5.41) is 58.3.